The second-order valence-corrected chi connectivity index (χ2v) is 5.15. The number of hydrogen-bond acceptors (Lipinski definition) is 2. The number of nitrogens with two attached hydrogens (primary N) is 1. The highest BCUT2D eigenvalue weighted by Crippen LogP contribution is 2.25. The maximum atomic E-state index is 12.0. The summed E-state index contributed by atoms with van der Waals surface area (Å²) in [5, 5.41) is 1.60. The average molecular weight is 321 g/mol. The van der Waals surface area contributed by atoms with Gasteiger partial charge in [-0.05, 0) is 30.7 Å². The van der Waals surface area contributed by atoms with Crippen LogP contribution in [0.25, 0.3) is 10.9 Å². The molecule has 0 atom stereocenters. The minimum Gasteiger partial charge on any atom is -0.370 e. The summed E-state index contributed by atoms with van der Waals surface area (Å²) in [6.45, 7) is -0.412. The molecule has 0 aliphatic heterocycles. The molecular weight excluding hydrogens is 305 g/mol. The monoisotopic (exact) mass is 320 g/mol. The number of ether oxygens (including phenoxy) is 1. The SMILES string of the molecule is NCCc1cn(CCOCC(F)(F)F)c2cc(Cl)ccc12. The number of benzene rings is 1. The Morgan fingerprint density at radius 2 is 2.05 bits per heavy atom. The van der Waals surface area contributed by atoms with Crippen LogP contribution in [0.15, 0.2) is 24.4 Å². The van der Waals surface area contributed by atoms with Crippen LogP contribution in [0.3, 0.4) is 0 Å². The lowest BCUT2D eigenvalue weighted by molar-refractivity contribution is -0.174. The fourth-order valence-electron chi connectivity index (χ4n) is 2.23. The summed E-state index contributed by atoms with van der Waals surface area (Å²) in [5.74, 6) is 0. The lowest BCUT2D eigenvalue weighted by atomic mass is 10.1. The first-order chi connectivity index (χ1) is 9.90. The zero-order chi connectivity index (χ0) is 15.5. The molecule has 3 nitrogen and oxygen atoms in total. The van der Waals surface area contributed by atoms with Gasteiger partial charge >= 0.3 is 6.18 Å². The van der Waals surface area contributed by atoms with Crippen molar-refractivity contribution in [1.29, 1.82) is 0 Å². The molecular formula is C14H16ClF3N2O. The molecule has 2 rings (SSSR count). The van der Waals surface area contributed by atoms with Gasteiger partial charge in [0.15, 0.2) is 0 Å². The normalized spacial score (nSPS) is 12.2. The summed E-state index contributed by atoms with van der Waals surface area (Å²) in [6, 6.07) is 5.48. The highest BCUT2D eigenvalue weighted by Gasteiger charge is 2.27. The van der Waals surface area contributed by atoms with Gasteiger partial charge in [0.25, 0.3) is 0 Å². The van der Waals surface area contributed by atoms with E-state index in [0.717, 1.165) is 16.5 Å². The van der Waals surface area contributed by atoms with Gasteiger partial charge in [-0.1, -0.05) is 17.7 Å². The lowest BCUT2D eigenvalue weighted by Crippen LogP contribution is -2.18. The number of rotatable bonds is 6. The van der Waals surface area contributed by atoms with Crippen molar-refractivity contribution in [2.75, 3.05) is 19.8 Å². The number of fused-ring (bicyclic) bond motifs is 1. The molecule has 2 N–H and O–H groups in total. The molecule has 0 bridgehead atoms. The third-order valence-electron chi connectivity index (χ3n) is 3.08. The maximum absolute atomic E-state index is 12.0. The molecule has 0 saturated carbocycles. The highest BCUT2D eigenvalue weighted by molar-refractivity contribution is 6.31. The minimum atomic E-state index is -4.30. The van der Waals surface area contributed by atoms with Gasteiger partial charge in [-0.2, -0.15) is 13.2 Å². The third kappa shape index (κ3) is 4.36. The summed E-state index contributed by atoms with van der Waals surface area (Å²) in [7, 11) is 0. The molecule has 1 heterocycles. The second kappa shape index (κ2) is 6.68. The lowest BCUT2D eigenvalue weighted by Gasteiger charge is -2.09. The van der Waals surface area contributed by atoms with E-state index in [1.807, 2.05) is 16.8 Å². The van der Waals surface area contributed by atoms with Crippen molar-refractivity contribution in [3.8, 4) is 0 Å². The molecule has 1 aromatic carbocycles. The topological polar surface area (TPSA) is 40.2 Å². The fourth-order valence-corrected chi connectivity index (χ4v) is 2.40. The molecule has 0 aliphatic carbocycles. The Balaban J connectivity index is 2.13. The van der Waals surface area contributed by atoms with E-state index in [1.165, 1.54) is 0 Å². The predicted molar refractivity (Wildman–Crippen MR) is 76.6 cm³/mol. The Bertz CT molecular complexity index is 610. The molecule has 0 unspecified atom stereocenters. The van der Waals surface area contributed by atoms with E-state index in [9.17, 15) is 13.2 Å². The van der Waals surface area contributed by atoms with E-state index in [1.54, 1.807) is 12.1 Å². The van der Waals surface area contributed by atoms with Crippen LogP contribution < -0.4 is 5.73 Å². The zero-order valence-corrected chi connectivity index (χ0v) is 12.0. The molecule has 21 heavy (non-hydrogen) atoms. The van der Waals surface area contributed by atoms with E-state index in [0.29, 0.717) is 24.5 Å². The Labute approximate surface area is 125 Å². The molecule has 0 saturated heterocycles. The van der Waals surface area contributed by atoms with Gasteiger partial charge in [-0.25, -0.2) is 0 Å². The first-order valence-electron chi connectivity index (χ1n) is 6.52. The van der Waals surface area contributed by atoms with Crippen molar-refractivity contribution in [2.45, 2.75) is 19.1 Å². The summed E-state index contributed by atoms with van der Waals surface area (Å²) in [4.78, 5) is 0. The van der Waals surface area contributed by atoms with Gasteiger partial charge in [0.2, 0.25) is 0 Å². The number of nitrogens with zero attached hydrogens (tertiary/aromatic N) is 1. The van der Waals surface area contributed by atoms with Gasteiger partial charge in [-0.15, -0.1) is 0 Å². The van der Waals surface area contributed by atoms with Crippen molar-refractivity contribution in [3.05, 3.63) is 35.0 Å². The summed E-state index contributed by atoms with van der Waals surface area (Å²) < 4.78 is 42.6. The van der Waals surface area contributed by atoms with Gasteiger partial charge in [0.05, 0.1) is 6.61 Å². The largest absolute Gasteiger partial charge is 0.411 e. The molecule has 2 aromatic rings. The molecule has 7 heteroatoms. The zero-order valence-electron chi connectivity index (χ0n) is 11.3. The Hall–Kier alpha value is -1.24. The fraction of sp³-hybridized carbons (Fsp3) is 0.429. The summed E-state index contributed by atoms with van der Waals surface area (Å²) in [6.07, 6.45) is -1.70. The third-order valence-corrected chi connectivity index (χ3v) is 3.32. The number of halogens is 4. The number of alkyl halides is 3. The van der Waals surface area contributed by atoms with Crippen LogP contribution in [-0.4, -0.2) is 30.5 Å². The molecule has 0 amide bonds. The van der Waals surface area contributed by atoms with Crippen LogP contribution in [0.5, 0.6) is 0 Å². The van der Waals surface area contributed by atoms with Gasteiger partial charge in [0, 0.05) is 28.7 Å². The first kappa shape index (κ1) is 16.1. The van der Waals surface area contributed by atoms with Crippen molar-refractivity contribution >= 4 is 22.5 Å². The van der Waals surface area contributed by atoms with Crippen molar-refractivity contribution in [2.24, 2.45) is 5.73 Å². The highest BCUT2D eigenvalue weighted by atomic mass is 35.5. The van der Waals surface area contributed by atoms with Gasteiger partial charge in [0.1, 0.15) is 6.61 Å². The molecule has 116 valence electrons. The van der Waals surface area contributed by atoms with Crippen molar-refractivity contribution in [1.82, 2.24) is 4.57 Å². The van der Waals surface area contributed by atoms with E-state index >= 15 is 0 Å². The van der Waals surface area contributed by atoms with Gasteiger partial charge in [-0.3, -0.25) is 0 Å². The second-order valence-electron chi connectivity index (χ2n) is 4.72. The molecule has 0 spiro atoms. The number of aromatic nitrogens is 1. The first-order valence-corrected chi connectivity index (χ1v) is 6.90. The smallest absolute Gasteiger partial charge is 0.370 e. The molecule has 0 radical (unpaired) electrons. The quantitative estimate of drug-likeness (QED) is 0.829. The average Bonchev–Trinajstić information content (AvgIpc) is 2.72. The standard InChI is InChI=1S/C14H16ClF3N2O/c15-11-1-2-12-10(3-4-19)8-20(13(12)7-11)5-6-21-9-14(16,17)18/h1-2,7-8H,3-6,9,19H2. The summed E-state index contributed by atoms with van der Waals surface area (Å²) in [5.41, 5.74) is 7.51. The molecule has 1 aromatic heterocycles. The molecule has 0 fully saturated rings. The summed E-state index contributed by atoms with van der Waals surface area (Å²) >= 11 is 5.98. The Morgan fingerprint density at radius 1 is 1.29 bits per heavy atom. The van der Waals surface area contributed by atoms with Gasteiger partial charge < -0.3 is 15.0 Å². The van der Waals surface area contributed by atoms with E-state index < -0.39 is 12.8 Å². The van der Waals surface area contributed by atoms with Crippen LogP contribution in [0.4, 0.5) is 13.2 Å². The Morgan fingerprint density at radius 3 is 2.71 bits per heavy atom. The van der Waals surface area contributed by atoms with Crippen LogP contribution in [0.2, 0.25) is 5.02 Å². The Kier molecular flexibility index (Phi) is 5.13. The van der Waals surface area contributed by atoms with E-state index in [2.05, 4.69) is 4.74 Å². The maximum Gasteiger partial charge on any atom is 0.411 e. The van der Waals surface area contributed by atoms with E-state index in [-0.39, 0.29) is 6.61 Å². The van der Waals surface area contributed by atoms with Crippen molar-refractivity contribution < 1.29 is 17.9 Å². The van der Waals surface area contributed by atoms with E-state index in [4.69, 9.17) is 17.3 Å². The van der Waals surface area contributed by atoms with Crippen LogP contribution in [0, 0.1) is 0 Å². The minimum absolute atomic E-state index is 0.0160. The van der Waals surface area contributed by atoms with Crippen LogP contribution >= 0.6 is 11.6 Å². The number of hydrogen-bond donors (Lipinski definition) is 1. The van der Waals surface area contributed by atoms with Crippen LogP contribution in [-0.2, 0) is 17.7 Å². The van der Waals surface area contributed by atoms with Crippen molar-refractivity contribution in [3.63, 3.8) is 0 Å². The van der Waals surface area contributed by atoms with Crippen LogP contribution in [0.1, 0.15) is 5.56 Å². The molecule has 0 aliphatic rings. The predicted octanol–water partition coefficient (Wildman–Crippen LogP) is 3.37.